The second-order valence-electron chi connectivity index (χ2n) is 4.06. The zero-order valence-corrected chi connectivity index (χ0v) is 10.1. The van der Waals surface area contributed by atoms with Gasteiger partial charge in [-0.2, -0.15) is 0 Å². The van der Waals surface area contributed by atoms with Crippen molar-refractivity contribution < 1.29 is 9.53 Å². The number of amides is 1. The number of nitrogens with one attached hydrogen (secondary N) is 2. The number of methoxy groups -OCH3 is 1. The summed E-state index contributed by atoms with van der Waals surface area (Å²) in [7, 11) is 3.31. The lowest BCUT2D eigenvalue weighted by atomic mass is 9.94. The average molecular weight is 235 g/mol. The van der Waals surface area contributed by atoms with Gasteiger partial charge in [-0.3, -0.25) is 9.78 Å². The zero-order valence-electron chi connectivity index (χ0n) is 10.1. The van der Waals surface area contributed by atoms with Crippen LogP contribution in [0.1, 0.15) is 22.0 Å². The van der Waals surface area contributed by atoms with Crippen molar-refractivity contribution in [3.63, 3.8) is 0 Å². The molecular weight excluding hydrogens is 218 g/mol. The summed E-state index contributed by atoms with van der Waals surface area (Å²) in [5, 5.41) is 5.89. The molecule has 0 saturated carbocycles. The predicted molar refractivity (Wildman–Crippen MR) is 64.0 cm³/mol. The molecule has 0 aliphatic carbocycles. The lowest BCUT2D eigenvalue weighted by Crippen LogP contribution is -2.26. The fourth-order valence-corrected chi connectivity index (χ4v) is 2.24. The highest BCUT2D eigenvalue weighted by atomic mass is 16.5. The monoisotopic (exact) mass is 235 g/mol. The zero-order chi connectivity index (χ0) is 12.3. The highest BCUT2D eigenvalue weighted by molar-refractivity contribution is 5.93. The third kappa shape index (κ3) is 2.30. The molecule has 1 amide bonds. The van der Waals surface area contributed by atoms with Crippen molar-refractivity contribution in [2.75, 3.05) is 27.2 Å². The van der Waals surface area contributed by atoms with Crippen molar-refractivity contribution in [3.8, 4) is 0 Å². The molecule has 1 aliphatic heterocycles. The Balaban J connectivity index is 2.34. The van der Waals surface area contributed by atoms with Crippen LogP contribution in [0.4, 0.5) is 0 Å². The summed E-state index contributed by atoms with van der Waals surface area (Å²) in [6.45, 7) is 1.62. The van der Waals surface area contributed by atoms with Gasteiger partial charge in [0.2, 0.25) is 0 Å². The minimum atomic E-state index is -0.151. The number of pyridine rings is 1. The summed E-state index contributed by atoms with van der Waals surface area (Å²) >= 11 is 0. The van der Waals surface area contributed by atoms with Gasteiger partial charge in [0.05, 0.1) is 6.10 Å². The molecule has 1 aromatic heterocycles. The first-order chi connectivity index (χ1) is 8.27. The first kappa shape index (κ1) is 12.0. The van der Waals surface area contributed by atoms with Crippen LogP contribution in [0.25, 0.3) is 0 Å². The Bertz CT molecular complexity index is 408. The largest absolute Gasteiger partial charge is 0.379 e. The Morgan fingerprint density at radius 1 is 1.59 bits per heavy atom. The van der Waals surface area contributed by atoms with Crippen molar-refractivity contribution in [1.29, 1.82) is 0 Å². The summed E-state index contributed by atoms with van der Waals surface area (Å²) in [5.74, 6) is 0.0309. The van der Waals surface area contributed by atoms with Crippen molar-refractivity contribution in [2.24, 2.45) is 0 Å². The maximum absolute atomic E-state index is 11.8. The molecule has 17 heavy (non-hydrogen) atoms. The molecule has 2 atom stereocenters. The number of nitrogens with zero attached hydrogens (tertiary/aromatic N) is 1. The molecule has 2 heterocycles. The van der Waals surface area contributed by atoms with Crippen LogP contribution in [0.2, 0.25) is 0 Å². The van der Waals surface area contributed by atoms with Gasteiger partial charge >= 0.3 is 0 Å². The van der Waals surface area contributed by atoms with Crippen molar-refractivity contribution in [2.45, 2.75) is 12.0 Å². The van der Waals surface area contributed by atoms with Crippen molar-refractivity contribution >= 4 is 5.91 Å². The van der Waals surface area contributed by atoms with E-state index in [0.717, 1.165) is 18.7 Å². The first-order valence-corrected chi connectivity index (χ1v) is 5.68. The molecule has 1 aliphatic rings. The topological polar surface area (TPSA) is 63.2 Å². The number of ether oxygens (including phenoxy) is 1. The quantitative estimate of drug-likeness (QED) is 0.782. The number of hydrogen-bond donors (Lipinski definition) is 2. The summed E-state index contributed by atoms with van der Waals surface area (Å²) in [6, 6.07) is 3.80. The fraction of sp³-hybridized carbons (Fsp3) is 0.500. The molecule has 1 saturated heterocycles. The van der Waals surface area contributed by atoms with Crippen LogP contribution in [-0.4, -0.2) is 44.2 Å². The van der Waals surface area contributed by atoms with Gasteiger partial charge < -0.3 is 15.4 Å². The van der Waals surface area contributed by atoms with Crippen molar-refractivity contribution in [1.82, 2.24) is 15.6 Å². The van der Waals surface area contributed by atoms with E-state index in [9.17, 15) is 4.79 Å². The normalized spacial score (nSPS) is 23.6. The minimum absolute atomic E-state index is 0.0996. The van der Waals surface area contributed by atoms with Gasteiger partial charge in [0.1, 0.15) is 5.69 Å². The Labute approximate surface area is 101 Å². The van der Waals surface area contributed by atoms with Crippen molar-refractivity contribution in [3.05, 3.63) is 29.6 Å². The number of carbonyl (C=O) groups excluding carboxylic acids is 1. The molecule has 1 fully saturated rings. The standard InChI is InChI=1S/C12H17N3O2/c1-13-12(16)11-8(4-3-5-15-11)9-6-14-7-10(9)17-2/h3-5,9-10,14H,6-7H2,1-2H3,(H,13,16)/t9-,10-/m1/s1. The van der Waals surface area contributed by atoms with Crippen LogP contribution >= 0.6 is 0 Å². The van der Waals surface area contributed by atoms with Crippen LogP contribution in [0.15, 0.2) is 18.3 Å². The van der Waals surface area contributed by atoms with Crippen LogP contribution in [0, 0.1) is 0 Å². The van der Waals surface area contributed by atoms with E-state index in [4.69, 9.17) is 4.74 Å². The second kappa shape index (κ2) is 5.25. The van der Waals surface area contributed by atoms with E-state index in [1.165, 1.54) is 0 Å². The van der Waals surface area contributed by atoms with E-state index in [0.29, 0.717) is 5.69 Å². The van der Waals surface area contributed by atoms with Gasteiger partial charge in [0, 0.05) is 39.4 Å². The minimum Gasteiger partial charge on any atom is -0.379 e. The van der Waals surface area contributed by atoms with E-state index in [1.54, 1.807) is 20.4 Å². The SMILES string of the molecule is CNC(=O)c1ncccc1[C@H]1CNC[C@H]1OC. The summed E-state index contributed by atoms with van der Waals surface area (Å²) in [4.78, 5) is 15.9. The van der Waals surface area contributed by atoms with Crippen LogP contribution in [-0.2, 0) is 4.74 Å². The molecule has 92 valence electrons. The number of hydrogen-bond acceptors (Lipinski definition) is 4. The van der Waals surface area contributed by atoms with E-state index >= 15 is 0 Å². The third-order valence-corrected chi connectivity index (χ3v) is 3.14. The molecular formula is C12H17N3O2. The number of carbonyl (C=O) groups is 1. The smallest absolute Gasteiger partial charge is 0.269 e. The van der Waals surface area contributed by atoms with E-state index in [-0.39, 0.29) is 17.9 Å². The molecule has 2 rings (SSSR count). The highest BCUT2D eigenvalue weighted by Gasteiger charge is 2.31. The molecule has 0 bridgehead atoms. The highest BCUT2D eigenvalue weighted by Crippen LogP contribution is 2.26. The molecule has 2 N–H and O–H groups in total. The Kier molecular flexibility index (Phi) is 3.71. The van der Waals surface area contributed by atoms with Gasteiger partial charge in [-0.15, -0.1) is 0 Å². The molecule has 0 spiro atoms. The van der Waals surface area contributed by atoms with Gasteiger partial charge in [-0.25, -0.2) is 0 Å². The fourth-order valence-electron chi connectivity index (χ4n) is 2.24. The van der Waals surface area contributed by atoms with Gasteiger partial charge in [-0.1, -0.05) is 6.07 Å². The Hall–Kier alpha value is -1.46. The van der Waals surface area contributed by atoms with Crippen LogP contribution < -0.4 is 10.6 Å². The first-order valence-electron chi connectivity index (χ1n) is 5.68. The maximum Gasteiger partial charge on any atom is 0.269 e. The molecule has 1 aromatic rings. The van der Waals surface area contributed by atoms with Gasteiger partial charge in [-0.05, 0) is 11.6 Å². The van der Waals surface area contributed by atoms with Crippen LogP contribution in [0.5, 0.6) is 0 Å². The Morgan fingerprint density at radius 3 is 3.12 bits per heavy atom. The predicted octanol–water partition coefficient (Wildman–Crippen LogP) is 0.143. The Morgan fingerprint density at radius 2 is 2.41 bits per heavy atom. The lowest BCUT2D eigenvalue weighted by molar-refractivity contribution is 0.0945. The molecule has 0 aromatic carbocycles. The molecule has 5 heteroatoms. The molecule has 0 unspecified atom stereocenters. The molecule has 5 nitrogen and oxygen atoms in total. The second-order valence-corrected chi connectivity index (χ2v) is 4.06. The third-order valence-electron chi connectivity index (χ3n) is 3.14. The average Bonchev–Trinajstić information content (AvgIpc) is 2.86. The summed E-state index contributed by atoms with van der Waals surface area (Å²) < 4.78 is 5.42. The van der Waals surface area contributed by atoms with E-state index < -0.39 is 0 Å². The van der Waals surface area contributed by atoms with Crippen LogP contribution in [0.3, 0.4) is 0 Å². The van der Waals surface area contributed by atoms with E-state index in [2.05, 4.69) is 15.6 Å². The summed E-state index contributed by atoms with van der Waals surface area (Å²) in [5.41, 5.74) is 1.44. The van der Waals surface area contributed by atoms with Gasteiger partial charge in [0.25, 0.3) is 5.91 Å². The number of rotatable bonds is 3. The molecule has 0 radical (unpaired) electrons. The number of aromatic nitrogens is 1. The maximum atomic E-state index is 11.8. The summed E-state index contributed by atoms with van der Waals surface area (Å²) in [6.07, 6.45) is 1.74. The van der Waals surface area contributed by atoms with Gasteiger partial charge in [0.15, 0.2) is 0 Å². The van der Waals surface area contributed by atoms with E-state index in [1.807, 2.05) is 12.1 Å². The lowest BCUT2D eigenvalue weighted by Gasteiger charge is -2.19.